The third-order valence-electron chi connectivity index (χ3n) is 4.31. The molecule has 1 saturated heterocycles. The van der Waals surface area contributed by atoms with Gasteiger partial charge in [0.2, 0.25) is 5.91 Å². The minimum Gasteiger partial charge on any atom is -0.467 e. The van der Waals surface area contributed by atoms with E-state index in [0.717, 1.165) is 5.56 Å². The number of nitrogens with zero attached hydrogens (tertiary/aromatic N) is 2. The van der Waals surface area contributed by atoms with Crippen molar-refractivity contribution in [2.45, 2.75) is 38.5 Å². The smallest absolute Gasteiger partial charge is 0.410 e. The van der Waals surface area contributed by atoms with E-state index in [4.69, 9.17) is 32.7 Å². The third-order valence-corrected chi connectivity index (χ3v) is 4.79. The maximum absolute atomic E-state index is 12.6. The second kappa shape index (κ2) is 8.57. The van der Waals surface area contributed by atoms with Gasteiger partial charge >= 0.3 is 12.1 Å². The number of amides is 2. The summed E-state index contributed by atoms with van der Waals surface area (Å²) in [4.78, 5) is 40.2. The van der Waals surface area contributed by atoms with Gasteiger partial charge in [0.1, 0.15) is 11.5 Å². The van der Waals surface area contributed by atoms with Crippen LogP contribution in [-0.4, -0.2) is 65.0 Å². The molecule has 1 fully saturated rings. The molecule has 1 heterocycles. The molecule has 0 aliphatic carbocycles. The SMILES string of the molecule is COC(=O)C1(N(Cc2ccc(Cl)cc2)C(=O)CCl)CN(C(=O)OC(C)(C)C)C1. The van der Waals surface area contributed by atoms with Crippen LogP contribution in [0.3, 0.4) is 0 Å². The number of alkyl halides is 1. The van der Waals surface area contributed by atoms with Gasteiger partial charge in [-0.25, -0.2) is 9.59 Å². The van der Waals surface area contributed by atoms with Crippen molar-refractivity contribution in [1.82, 2.24) is 9.80 Å². The first-order valence-corrected chi connectivity index (χ1v) is 9.61. The van der Waals surface area contributed by atoms with Crippen molar-refractivity contribution >= 4 is 41.2 Å². The van der Waals surface area contributed by atoms with Crippen molar-refractivity contribution in [2.24, 2.45) is 0 Å². The Labute approximate surface area is 174 Å². The van der Waals surface area contributed by atoms with Crippen LogP contribution in [0.15, 0.2) is 24.3 Å². The molecule has 1 aromatic carbocycles. The molecular formula is C19H24Cl2N2O5. The Balaban J connectivity index is 2.28. The lowest BCUT2D eigenvalue weighted by molar-refractivity contribution is -0.174. The Bertz CT molecular complexity index is 740. The second-order valence-electron chi connectivity index (χ2n) is 7.60. The van der Waals surface area contributed by atoms with E-state index in [1.807, 2.05) is 0 Å². The molecular weight excluding hydrogens is 407 g/mol. The van der Waals surface area contributed by atoms with Crippen LogP contribution >= 0.6 is 23.2 Å². The molecule has 0 spiro atoms. The van der Waals surface area contributed by atoms with Crippen molar-refractivity contribution in [3.05, 3.63) is 34.9 Å². The zero-order valence-electron chi connectivity index (χ0n) is 16.3. The fourth-order valence-corrected chi connectivity index (χ4v) is 3.23. The van der Waals surface area contributed by atoms with Crippen molar-refractivity contribution in [3.8, 4) is 0 Å². The van der Waals surface area contributed by atoms with Crippen molar-refractivity contribution in [2.75, 3.05) is 26.1 Å². The summed E-state index contributed by atoms with van der Waals surface area (Å²) in [6.45, 7) is 5.31. The lowest BCUT2D eigenvalue weighted by Crippen LogP contribution is -2.76. The largest absolute Gasteiger partial charge is 0.467 e. The highest BCUT2D eigenvalue weighted by molar-refractivity contribution is 6.30. The number of ether oxygens (including phenoxy) is 2. The van der Waals surface area contributed by atoms with Crippen LogP contribution in [0, 0.1) is 0 Å². The fourth-order valence-electron chi connectivity index (χ4n) is 2.96. The first kappa shape index (κ1) is 22.3. The summed E-state index contributed by atoms with van der Waals surface area (Å²) in [6, 6.07) is 6.90. The number of halogens is 2. The Morgan fingerprint density at radius 2 is 1.75 bits per heavy atom. The Morgan fingerprint density at radius 1 is 1.18 bits per heavy atom. The molecule has 1 aliphatic heterocycles. The normalized spacial score (nSPS) is 15.4. The number of hydrogen-bond donors (Lipinski definition) is 0. The van der Waals surface area contributed by atoms with E-state index in [0.29, 0.717) is 5.02 Å². The quantitative estimate of drug-likeness (QED) is 0.529. The van der Waals surface area contributed by atoms with Gasteiger partial charge in [0.05, 0.1) is 20.2 Å². The van der Waals surface area contributed by atoms with Gasteiger partial charge in [-0.2, -0.15) is 0 Å². The summed E-state index contributed by atoms with van der Waals surface area (Å²) in [5.74, 6) is -1.36. The van der Waals surface area contributed by atoms with E-state index in [9.17, 15) is 14.4 Å². The monoisotopic (exact) mass is 430 g/mol. The molecule has 1 aromatic rings. The van der Waals surface area contributed by atoms with Gasteiger partial charge in [-0.15, -0.1) is 11.6 Å². The summed E-state index contributed by atoms with van der Waals surface area (Å²) < 4.78 is 10.3. The number of esters is 1. The van der Waals surface area contributed by atoms with Crippen LogP contribution in [0.2, 0.25) is 5.02 Å². The van der Waals surface area contributed by atoms with Gasteiger partial charge in [-0.3, -0.25) is 4.79 Å². The van der Waals surface area contributed by atoms with E-state index < -0.39 is 29.1 Å². The number of likely N-dealkylation sites (tertiary alicyclic amines) is 1. The number of rotatable bonds is 5. The summed E-state index contributed by atoms with van der Waals surface area (Å²) in [6.07, 6.45) is -0.559. The van der Waals surface area contributed by atoms with E-state index in [-0.39, 0.29) is 25.5 Å². The number of carbonyl (C=O) groups is 3. The highest BCUT2D eigenvalue weighted by Gasteiger charge is 2.58. The van der Waals surface area contributed by atoms with Crippen LogP contribution in [0.25, 0.3) is 0 Å². The van der Waals surface area contributed by atoms with E-state index in [1.165, 1.54) is 16.9 Å². The predicted molar refractivity (Wildman–Crippen MR) is 105 cm³/mol. The van der Waals surface area contributed by atoms with Crippen molar-refractivity contribution in [1.29, 1.82) is 0 Å². The molecule has 0 bridgehead atoms. The number of methoxy groups -OCH3 is 1. The van der Waals surface area contributed by atoms with Gasteiger partial charge in [0, 0.05) is 11.6 Å². The molecule has 1 aliphatic rings. The molecule has 2 amide bonds. The third kappa shape index (κ3) is 4.89. The molecule has 0 saturated carbocycles. The lowest BCUT2D eigenvalue weighted by Gasteiger charge is -2.52. The van der Waals surface area contributed by atoms with Crippen LogP contribution in [0.1, 0.15) is 26.3 Å². The topological polar surface area (TPSA) is 76.2 Å². The van der Waals surface area contributed by atoms with Gasteiger partial charge in [0.15, 0.2) is 5.54 Å². The second-order valence-corrected chi connectivity index (χ2v) is 8.30. The molecule has 7 nitrogen and oxygen atoms in total. The minimum atomic E-state index is -1.32. The average Bonchev–Trinajstić information content (AvgIpc) is 2.59. The standard InChI is InChI=1S/C19H24Cl2N2O5/c1-18(2,3)28-17(26)22-11-19(12-22,16(25)27-4)23(15(24)9-20)10-13-5-7-14(21)8-6-13/h5-8H,9-12H2,1-4H3. The highest BCUT2D eigenvalue weighted by atomic mass is 35.5. The first-order valence-electron chi connectivity index (χ1n) is 8.69. The molecule has 0 unspecified atom stereocenters. The Morgan fingerprint density at radius 3 is 2.21 bits per heavy atom. The van der Waals surface area contributed by atoms with Gasteiger partial charge in [-0.1, -0.05) is 23.7 Å². The highest BCUT2D eigenvalue weighted by Crippen LogP contribution is 2.33. The molecule has 154 valence electrons. The maximum Gasteiger partial charge on any atom is 0.410 e. The summed E-state index contributed by atoms with van der Waals surface area (Å²) in [5, 5.41) is 0.557. The summed E-state index contributed by atoms with van der Waals surface area (Å²) in [5.41, 5.74) is -1.23. The number of benzene rings is 1. The minimum absolute atomic E-state index is 0.0369. The van der Waals surface area contributed by atoms with Crippen molar-refractivity contribution in [3.63, 3.8) is 0 Å². The maximum atomic E-state index is 12.6. The van der Waals surface area contributed by atoms with E-state index in [1.54, 1.807) is 45.0 Å². The molecule has 0 radical (unpaired) electrons. The molecule has 0 aromatic heterocycles. The predicted octanol–water partition coefficient (Wildman–Crippen LogP) is 3.07. The van der Waals surface area contributed by atoms with Crippen LogP contribution < -0.4 is 0 Å². The molecule has 0 atom stereocenters. The zero-order chi connectivity index (χ0) is 21.1. The van der Waals surface area contributed by atoms with Gasteiger partial charge < -0.3 is 19.3 Å². The summed E-state index contributed by atoms with van der Waals surface area (Å²) >= 11 is 11.7. The van der Waals surface area contributed by atoms with Crippen LogP contribution in [-0.2, 0) is 25.6 Å². The molecule has 2 rings (SSSR count). The van der Waals surface area contributed by atoms with Crippen LogP contribution in [0.5, 0.6) is 0 Å². The zero-order valence-corrected chi connectivity index (χ0v) is 17.8. The lowest BCUT2D eigenvalue weighted by atomic mass is 9.87. The van der Waals surface area contributed by atoms with E-state index in [2.05, 4.69) is 0 Å². The van der Waals surface area contributed by atoms with Crippen molar-refractivity contribution < 1.29 is 23.9 Å². The summed E-state index contributed by atoms with van der Waals surface area (Å²) in [7, 11) is 1.24. The molecule has 0 N–H and O–H groups in total. The van der Waals surface area contributed by atoms with Gasteiger partial charge in [0.25, 0.3) is 0 Å². The number of hydrogen-bond acceptors (Lipinski definition) is 5. The Kier molecular flexibility index (Phi) is 6.83. The molecule has 28 heavy (non-hydrogen) atoms. The molecule has 9 heteroatoms. The van der Waals surface area contributed by atoms with Gasteiger partial charge in [-0.05, 0) is 38.5 Å². The number of carbonyl (C=O) groups excluding carboxylic acids is 3. The van der Waals surface area contributed by atoms with Crippen LogP contribution in [0.4, 0.5) is 4.79 Å². The Hall–Kier alpha value is -1.99. The fraction of sp³-hybridized carbons (Fsp3) is 0.526. The van der Waals surface area contributed by atoms with E-state index >= 15 is 0 Å². The first-order chi connectivity index (χ1) is 13.0. The average molecular weight is 431 g/mol.